The molecule has 0 fully saturated rings. The maximum Gasteiger partial charge on any atom is 0.257 e. The number of anilines is 2. The molecule has 2 N–H and O–H groups in total. The lowest BCUT2D eigenvalue weighted by Gasteiger charge is -2.14. The van der Waals surface area contributed by atoms with Crippen LogP contribution in [0.3, 0.4) is 0 Å². The first-order valence-electron chi connectivity index (χ1n) is 6.90. The molecular weight excluding hydrogens is 334 g/mol. The van der Waals surface area contributed by atoms with Crippen molar-refractivity contribution in [3.63, 3.8) is 0 Å². The standard InChI is InChI=1S/C15H19N3O3S2/c1-15(2,3)12-9-22-14(16-12)17-13(19)10-6-5-7-11(8-10)18-23(4,20)21/h5-9,18H,1-4H3,(H,16,17,19). The molecule has 2 rings (SSSR count). The maximum atomic E-state index is 12.3. The van der Waals surface area contributed by atoms with E-state index < -0.39 is 10.0 Å². The number of benzene rings is 1. The van der Waals surface area contributed by atoms with Gasteiger partial charge in [-0.05, 0) is 18.2 Å². The van der Waals surface area contributed by atoms with E-state index in [9.17, 15) is 13.2 Å². The minimum absolute atomic E-state index is 0.0845. The van der Waals surface area contributed by atoms with Gasteiger partial charge >= 0.3 is 0 Å². The second-order valence-electron chi connectivity index (χ2n) is 6.20. The fourth-order valence-electron chi connectivity index (χ4n) is 1.78. The normalized spacial score (nSPS) is 12.0. The van der Waals surface area contributed by atoms with Gasteiger partial charge in [0.2, 0.25) is 10.0 Å². The molecule has 0 aliphatic carbocycles. The molecule has 0 saturated heterocycles. The van der Waals surface area contributed by atoms with Crippen molar-refractivity contribution in [3.8, 4) is 0 Å². The van der Waals surface area contributed by atoms with Gasteiger partial charge in [0.15, 0.2) is 5.13 Å². The quantitative estimate of drug-likeness (QED) is 0.884. The van der Waals surface area contributed by atoms with E-state index >= 15 is 0 Å². The molecule has 0 aliphatic rings. The Kier molecular flexibility index (Phi) is 4.76. The van der Waals surface area contributed by atoms with E-state index in [4.69, 9.17) is 0 Å². The number of carbonyl (C=O) groups excluding carboxylic acids is 1. The van der Waals surface area contributed by atoms with E-state index in [2.05, 4.69) is 15.0 Å². The zero-order chi connectivity index (χ0) is 17.3. The van der Waals surface area contributed by atoms with Gasteiger partial charge in [-0.25, -0.2) is 13.4 Å². The lowest BCUT2D eigenvalue weighted by atomic mass is 9.93. The van der Waals surface area contributed by atoms with Crippen LogP contribution in [0.25, 0.3) is 0 Å². The largest absolute Gasteiger partial charge is 0.298 e. The fourth-order valence-corrected chi connectivity index (χ4v) is 3.27. The van der Waals surface area contributed by atoms with Gasteiger partial charge in [0.1, 0.15) is 0 Å². The number of carbonyl (C=O) groups is 1. The number of thiazole rings is 1. The number of sulfonamides is 1. The molecule has 2 aromatic rings. The summed E-state index contributed by atoms with van der Waals surface area (Å²) in [4.78, 5) is 16.7. The summed E-state index contributed by atoms with van der Waals surface area (Å²) in [5, 5.41) is 5.16. The van der Waals surface area contributed by atoms with Crippen LogP contribution in [0.1, 0.15) is 36.8 Å². The van der Waals surface area contributed by atoms with Crippen LogP contribution in [-0.4, -0.2) is 25.6 Å². The Morgan fingerprint density at radius 3 is 2.52 bits per heavy atom. The third-order valence-electron chi connectivity index (χ3n) is 2.92. The van der Waals surface area contributed by atoms with E-state index in [1.54, 1.807) is 18.2 Å². The molecule has 0 unspecified atom stereocenters. The molecule has 1 aromatic carbocycles. The summed E-state index contributed by atoms with van der Waals surface area (Å²) >= 11 is 1.36. The van der Waals surface area contributed by atoms with E-state index in [0.717, 1.165) is 11.9 Å². The van der Waals surface area contributed by atoms with Crippen molar-refractivity contribution in [1.29, 1.82) is 0 Å². The fraction of sp³-hybridized carbons (Fsp3) is 0.333. The second kappa shape index (κ2) is 6.29. The first-order valence-corrected chi connectivity index (χ1v) is 9.67. The van der Waals surface area contributed by atoms with Gasteiger partial charge < -0.3 is 0 Å². The molecule has 6 nitrogen and oxygen atoms in total. The lowest BCUT2D eigenvalue weighted by molar-refractivity contribution is 0.102. The monoisotopic (exact) mass is 353 g/mol. The van der Waals surface area contributed by atoms with Crippen LogP contribution >= 0.6 is 11.3 Å². The smallest absolute Gasteiger partial charge is 0.257 e. The molecule has 23 heavy (non-hydrogen) atoms. The summed E-state index contributed by atoms with van der Waals surface area (Å²) in [5.74, 6) is -0.336. The number of amides is 1. The molecule has 0 radical (unpaired) electrons. The van der Waals surface area contributed by atoms with Crippen molar-refractivity contribution in [2.75, 3.05) is 16.3 Å². The first-order chi connectivity index (χ1) is 10.5. The van der Waals surface area contributed by atoms with Gasteiger partial charge in [0.05, 0.1) is 11.9 Å². The van der Waals surface area contributed by atoms with Crippen LogP contribution in [-0.2, 0) is 15.4 Å². The first kappa shape index (κ1) is 17.4. The van der Waals surface area contributed by atoms with E-state index in [1.807, 2.05) is 26.2 Å². The van der Waals surface area contributed by atoms with Gasteiger partial charge in [-0.3, -0.25) is 14.8 Å². The zero-order valence-corrected chi connectivity index (χ0v) is 15.0. The molecular formula is C15H19N3O3S2. The topological polar surface area (TPSA) is 88.2 Å². The predicted molar refractivity (Wildman–Crippen MR) is 93.7 cm³/mol. The third kappa shape index (κ3) is 5.04. The highest BCUT2D eigenvalue weighted by atomic mass is 32.2. The Hall–Kier alpha value is -1.93. The minimum atomic E-state index is -3.38. The number of nitrogens with zero attached hydrogens (tertiary/aromatic N) is 1. The van der Waals surface area contributed by atoms with Gasteiger partial charge in [0, 0.05) is 22.0 Å². The SMILES string of the molecule is CC(C)(C)c1csc(NC(=O)c2cccc(NS(C)(=O)=O)c2)n1. The Labute approximate surface area is 140 Å². The lowest BCUT2D eigenvalue weighted by Crippen LogP contribution is -2.15. The van der Waals surface area contributed by atoms with Gasteiger partial charge in [-0.15, -0.1) is 11.3 Å². The Balaban J connectivity index is 2.15. The van der Waals surface area contributed by atoms with E-state index in [1.165, 1.54) is 17.4 Å². The molecule has 124 valence electrons. The van der Waals surface area contributed by atoms with Gasteiger partial charge in [-0.1, -0.05) is 26.8 Å². The van der Waals surface area contributed by atoms with Crippen molar-refractivity contribution in [1.82, 2.24) is 4.98 Å². The Morgan fingerprint density at radius 2 is 1.96 bits per heavy atom. The average molecular weight is 353 g/mol. The van der Waals surface area contributed by atoms with Crippen LogP contribution in [0, 0.1) is 0 Å². The van der Waals surface area contributed by atoms with Crippen LogP contribution in [0.4, 0.5) is 10.8 Å². The number of nitrogens with one attached hydrogen (secondary N) is 2. The van der Waals surface area contributed by atoms with E-state index in [0.29, 0.717) is 16.4 Å². The number of hydrogen-bond donors (Lipinski definition) is 2. The summed E-state index contributed by atoms with van der Waals surface area (Å²) in [7, 11) is -3.38. The zero-order valence-electron chi connectivity index (χ0n) is 13.4. The summed E-state index contributed by atoms with van der Waals surface area (Å²) in [6.45, 7) is 6.15. The molecule has 0 saturated carbocycles. The highest BCUT2D eigenvalue weighted by molar-refractivity contribution is 7.92. The highest BCUT2D eigenvalue weighted by Gasteiger charge is 2.18. The molecule has 1 amide bonds. The van der Waals surface area contributed by atoms with Crippen molar-refractivity contribution in [2.45, 2.75) is 26.2 Å². The number of aromatic nitrogens is 1. The van der Waals surface area contributed by atoms with Crippen molar-refractivity contribution in [3.05, 3.63) is 40.9 Å². The van der Waals surface area contributed by atoms with Crippen molar-refractivity contribution < 1.29 is 13.2 Å². The van der Waals surface area contributed by atoms with Crippen LogP contribution in [0.5, 0.6) is 0 Å². The number of hydrogen-bond acceptors (Lipinski definition) is 5. The highest BCUT2D eigenvalue weighted by Crippen LogP contribution is 2.26. The van der Waals surface area contributed by atoms with Crippen LogP contribution < -0.4 is 10.0 Å². The van der Waals surface area contributed by atoms with Gasteiger partial charge in [-0.2, -0.15) is 0 Å². The van der Waals surface area contributed by atoms with Crippen molar-refractivity contribution >= 4 is 38.1 Å². The molecule has 0 spiro atoms. The number of rotatable bonds is 4. The molecule has 0 atom stereocenters. The van der Waals surface area contributed by atoms with E-state index in [-0.39, 0.29) is 11.3 Å². The van der Waals surface area contributed by atoms with Crippen LogP contribution in [0.15, 0.2) is 29.6 Å². The summed E-state index contributed by atoms with van der Waals surface area (Å²) in [6, 6.07) is 6.29. The molecule has 0 aliphatic heterocycles. The summed E-state index contributed by atoms with van der Waals surface area (Å²) in [5.41, 5.74) is 1.52. The van der Waals surface area contributed by atoms with Crippen LogP contribution in [0.2, 0.25) is 0 Å². The van der Waals surface area contributed by atoms with Gasteiger partial charge in [0.25, 0.3) is 5.91 Å². The summed E-state index contributed by atoms with van der Waals surface area (Å²) < 4.78 is 24.8. The maximum absolute atomic E-state index is 12.3. The molecule has 8 heteroatoms. The second-order valence-corrected chi connectivity index (χ2v) is 8.80. The predicted octanol–water partition coefficient (Wildman–Crippen LogP) is 3.06. The summed E-state index contributed by atoms with van der Waals surface area (Å²) in [6.07, 6.45) is 1.06. The third-order valence-corrected chi connectivity index (χ3v) is 4.29. The Morgan fingerprint density at radius 1 is 1.26 bits per heavy atom. The minimum Gasteiger partial charge on any atom is -0.298 e. The average Bonchev–Trinajstić information content (AvgIpc) is 2.85. The molecule has 1 aromatic heterocycles. The molecule has 1 heterocycles. The molecule has 0 bridgehead atoms. The van der Waals surface area contributed by atoms with Crippen molar-refractivity contribution in [2.24, 2.45) is 0 Å². The Bertz CT molecular complexity index is 820.